The lowest BCUT2D eigenvalue weighted by molar-refractivity contribution is 0.195. The fourth-order valence-corrected chi connectivity index (χ4v) is 2.86. The SMILES string of the molecule is CCN(CCO)CCCCOc1ccc2c(c1)CCN2C(=O)O. The average Bonchev–Trinajstić information content (AvgIpc) is 2.96. The van der Waals surface area contributed by atoms with E-state index < -0.39 is 6.09 Å². The summed E-state index contributed by atoms with van der Waals surface area (Å²) < 4.78 is 5.77. The Morgan fingerprint density at radius 1 is 1.35 bits per heavy atom. The Bertz CT molecular complexity index is 521. The summed E-state index contributed by atoms with van der Waals surface area (Å²) in [7, 11) is 0. The minimum Gasteiger partial charge on any atom is -0.494 e. The van der Waals surface area contributed by atoms with Crippen molar-refractivity contribution in [3.05, 3.63) is 23.8 Å². The Labute approximate surface area is 137 Å². The molecule has 128 valence electrons. The molecule has 1 aromatic rings. The smallest absolute Gasteiger partial charge is 0.411 e. The number of unbranched alkanes of at least 4 members (excludes halogenated alkanes) is 1. The van der Waals surface area contributed by atoms with Crippen LogP contribution in [0, 0.1) is 0 Å². The zero-order valence-corrected chi connectivity index (χ0v) is 13.7. The first-order chi connectivity index (χ1) is 11.2. The predicted molar refractivity (Wildman–Crippen MR) is 89.4 cm³/mol. The van der Waals surface area contributed by atoms with Crippen LogP contribution < -0.4 is 9.64 Å². The molecule has 0 aromatic heterocycles. The van der Waals surface area contributed by atoms with Crippen LogP contribution in [-0.2, 0) is 6.42 Å². The van der Waals surface area contributed by atoms with Crippen LogP contribution in [-0.4, -0.2) is 60.6 Å². The number of likely N-dealkylation sites (N-methyl/N-ethyl adjacent to an activating group) is 1. The van der Waals surface area contributed by atoms with Gasteiger partial charge in [-0.15, -0.1) is 0 Å². The van der Waals surface area contributed by atoms with Gasteiger partial charge in [0.1, 0.15) is 5.75 Å². The first-order valence-electron chi connectivity index (χ1n) is 8.25. The van der Waals surface area contributed by atoms with E-state index in [0.717, 1.165) is 55.9 Å². The van der Waals surface area contributed by atoms with Gasteiger partial charge in [0.25, 0.3) is 0 Å². The molecule has 0 saturated carbocycles. The minimum atomic E-state index is -0.902. The van der Waals surface area contributed by atoms with Crippen LogP contribution in [0.4, 0.5) is 10.5 Å². The molecule has 1 heterocycles. The van der Waals surface area contributed by atoms with E-state index in [1.54, 1.807) is 0 Å². The van der Waals surface area contributed by atoms with Gasteiger partial charge in [-0.05, 0) is 56.1 Å². The first kappa shape index (κ1) is 17.6. The number of aliphatic hydroxyl groups excluding tert-OH is 1. The summed E-state index contributed by atoms with van der Waals surface area (Å²) >= 11 is 0. The van der Waals surface area contributed by atoms with Gasteiger partial charge in [-0.1, -0.05) is 6.92 Å². The Morgan fingerprint density at radius 2 is 2.17 bits per heavy atom. The molecule has 0 fully saturated rings. The zero-order valence-electron chi connectivity index (χ0n) is 13.7. The molecule has 0 unspecified atom stereocenters. The Hall–Kier alpha value is -1.79. The van der Waals surface area contributed by atoms with Crippen LogP contribution in [0.1, 0.15) is 25.3 Å². The van der Waals surface area contributed by atoms with E-state index in [1.807, 2.05) is 18.2 Å². The topological polar surface area (TPSA) is 73.2 Å². The van der Waals surface area contributed by atoms with Crippen molar-refractivity contribution in [3.63, 3.8) is 0 Å². The van der Waals surface area contributed by atoms with E-state index in [4.69, 9.17) is 14.9 Å². The van der Waals surface area contributed by atoms with Crippen molar-refractivity contribution in [1.29, 1.82) is 0 Å². The molecule has 1 aromatic carbocycles. The highest BCUT2D eigenvalue weighted by Gasteiger charge is 2.24. The molecule has 23 heavy (non-hydrogen) atoms. The van der Waals surface area contributed by atoms with Crippen molar-refractivity contribution in [2.75, 3.05) is 44.3 Å². The van der Waals surface area contributed by atoms with Crippen LogP contribution in [0.5, 0.6) is 5.75 Å². The third-order valence-corrected chi connectivity index (χ3v) is 4.18. The lowest BCUT2D eigenvalue weighted by Crippen LogP contribution is -2.27. The number of anilines is 1. The molecule has 2 rings (SSSR count). The normalized spacial score (nSPS) is 13.4. The van der Waals surface area contributed by atoms with Crippen molar-refractivity contribution >= 4 is 11.8 Å². The summed E-state index contributed by atoms with van der Waals surface area (Å²) in [6.07, 6.45) is 1.83. The van der Waals surface area contributed by atoms with Gasteiger partial charge in [-0.2, -0.15) is 0 Å². The maximum Gasteiger partial charge on any atom is 0.411 e. The standard InChI is InChI=1S/C17H26N2O4/c1-2-18(10-11-20)8-3-4-12-23-15-5-6-16-14(13-15)7-9-19(16)17(21)22/h5-6,13,20H,2-4,7-12H2,1H3,(H,21,22). The average molecular weight is 322 g/mol. The molecule has 0 bridgehead atoms. The summed E-state index contributed by atoms with van der Waals surface area (Å²) in [4.78, 5) is 14.7. The lowest BCUT2D eigenvalue weighted by Gasteiger charge is -2.18. The Morgan fingerprint density at radius 3 is 2.87 bits per heavy atom. The van der Waals surface area contributed by atoms with Crippen molar-refractivity contribution in [2.24, 2.45) is 0 Å². The fraction of sp³-hybridized carbons (Fsp3) is 0.588. The number of carbonyl (C=O) groups is 1. The van der Waals surface area contributed by atoms with Gasteiger partial charge in [0.2, 0.25) is 0 Å². The third-order valence-electron chi connectivity index (χ3n) is 4.18. The lowest BCUT2D eigenvalue weighted by atomic mass is 10.1. The van der Waals surface area contributed by atoms with E-state index in [2.05, 4.69) is 11.8 Å². The summed E-state index contributed by atoms with van der Waals surface area (Å²) in [5.74, 6) is 0.804. The number of hydrogen-bond donors (Lipinski definition) is 2. The third kappa shape index (κ3) is 4.84. The summed E-state index contributed by atoms with van der Waals surface area (Å²) in [5.41, 5.74) is 1.80. The Kier molecular flexibility index (Phi) is 6.67. The number of hydrogen-bond acceptors (Lipinski definition) is 4. The van der Waals surface area contributed by atoms with E-state index >= 15 is 0 Å². The van der Waals surface area contributed by atoms with Gasteiger partial charge in [0.15, 0.2) is 0 Å². The molecule has 1 aliphatic heterocycles. The van der Waals surface area contributed by atoms with Gasteiger partial charge in [-0.3, -0.25) is 4.90 Å². The van der Waals surface area contributed by atoms with E-state index in [-0.39, 0.29) is 6.61 Å². The molecule has 0 atom stereocenters. The quantitative estimate of drug-likeness (QED) is 0.682. The van der Waals surface area contributed by atoms with Gasteiger partial charge >= 0.3 is 6.09 Å². The van der Waals surface area contributed by atoms with Crippen LogP contribution in [0.3, 0.4) is 0 Å². The number of rotatable bonds is 9. The molecular weight excluding hydrogens is 296 g/mol. The van der Waals surface area contributed by atoms with Gasteiger partial charge in [0, 0.05) is 13.1 Å². The summed E-state index contributed by atoms with van der Waals surface area (Å²) in [6, 6.07) is 5.61. The minimum absolute atomic E-state index is 0.201. The molecule has 1 amide bonds. The number of benzene rings is 1. The molecule has 0 aliphatic carbocycles. The second-order valence-corrected chi connectivity index (χ2v) is 5.69. The van der Waals surface area contributed by atoms with Crippen molar-refractivity contribution < 1.29 is 19.7 Å². The highest BCUT2D eigenvalue weighted by Crippen LogP contribution is 2.31. The number of ether oxygens (including phenoxy) is 1. The van der Waals surface area contributed by atoms with E-state index in [9.17, 15) is 4.79 Å². The van der Waals surface area contributed by atoms with Crippen LogP contribution in [0.15, 0.2) is 18.2 Å². The summed E-state index contributed by atoms with van der Waals surface area (Å²) in [5, 5.41) is 18.1. The largest absolute Gasteiger partial charge is 0.494 e. The number of carboxylic acid groups (broad SMARTS) is 1. The molecule has 0 spiro atoms. The zero-order chi connectivity index (χ0) is 16.7. The molecule has 0 radical (unpaired) electrons. The number of amides is 1. The fourth-order valence-electron chi connectivity index (χ4n) is 2.86. The highest BCUT2D eigenvalue weighted by atomic mass is 16.5. The van der Waals surface area contributed by atoms with Crippen molar-refractivity contribution in [3.8, 4) is 5.75 Å². The summed E-state index contributed by atoms with van der Waals surface area (Å²) in [6.45, 7) is 6.11. The van der Waals surface area contributed by atoms with E-state index in [0.29, 0.717) is 13.2 Å². The monoisotopic (exact) mass is 322 g/mol. The molecule has 2 N–H and O–H groups in total. The first-order valence-corrected chi connectivity index (χ1v) is 8.25. The van der Waals surface area contributed by atoms with E-state index in [1.165, 1.54) is 4.90 Å². The van der Waals surface area contributed by atoms with Crippen molar-refractivity contribution in [1.82, 2.24) is 4.90 Å². The maximum atomic E-state index is 11.1. The molecular formula is C17H26N2O4. The number of nitrogens with zero attached hydrogens (tertiary/aromatic N) is 2. The van der Waals surface area contributed by atoms with Crippen LogP contribution in [0.2, 0.25) is 0 Å². The van der Waals surface area contributed by atoms with Gasteiger partial charge in [-0.25, -0.2) is 4.79 Å². The molecule has 1 aliphatic rings. The van der Waals surface area contributed by atoms with Gasteiger partial charge < -0.3 is 19.8 Å². The molecule has 6 heteroatoms. The molecule has 0 saturated heterocycles. The second kappa shape index (κ2) is 8.74. The number of aliphatic hydroxyl groups is 1. The Balaban J connectivity index is 1.74. The van der Waals surface area contributed by atoms with Crippen molar-refractivity contribution in [2.45, 2.75) is 26.2 Å². The molecule has 6 nitrogen and oxygen atoms in total. The number of fused-ring (bicyclic) bond motifs is 1. The van der Waals surface area contributed by atoms with Gasteiger partial charge in [0.05, 0.1) is 18.9 Å². The maximum absolute atomic E-state index is 11.1. The predicted octanol–water partition coefficient (Wildman–Crippen LogP) is 2.20. The highest BCUT2D eigenvalue weighted by molar-refractivity contribution is 5.89. The van der Waals surface area contributed by atoms with Crippen LogP contribution >= 0.6 is 0 Å². The second-order valence-electron chi connectivity index (χ2n) is 5.69. The van der Waals surface area contributed by atoms with Crippen LogP contribution in [0.25, 0.3) is 0 Å².